The molecule has 1 aromatic carbocycles. The zero-order valence-electron chi connectivity index (χ0n) is 14.1. The summed E-state index contributed by atoms with van der Waals surface area (Å²) in [5, 5.41) is 10.3. The lowest BCUT2D eigenvalue weighted by atomic mass is 9.94. The highest BCUT2D eigenvalue weighted by Crippen LogP contribution is 2.38. The molecule has 0 radical (unpaired) electrons. The van der Waals surface area contributed by atoms with E-state index in [4.69, 9.17) is 0 Å². The Morgan fingerprint density at radius 3 is 2.61 bits per heavy atom. The predicted octanol–water partition coefficient (Wildman–Crippen LogP) is 3.86. The number of carbonyl (C=O) groups excluding carboxylic acids is 2. The monoisotopic (exact) mass is 315 g/mol. The van der Waals surface area contributed by atoms with Crippen LogP contribution in [-0.4, -0.2) is 28.2 Å². The number of hydrogen-bond acceptors (Lipinski definition) is 3. The lowest BCUT2D eigenvalue weighted by molar-refractivity contribution is -0.129. The fourth-order valence-corrected chi connectivity index (χ4v) is 3.08. The molecule has 0 spiro atoms. The van der Waals surface area contributed by atoms with Gasteiger partial charge in [0, 0.05) is 13.0 Å². The van der Waals surface area contributed by atoms with Crippen LogP contribution in [-0.2, 0) is 9.59 Å². The van der Waals surface area contributed by atoms with E-state index in [0.29, 0.717) is 6.54 Å². The van der Waals surface area contributed by atoms with Crippen molar-refractivity contribution < 1.29 is 14.7 Å². The van der Waals surface area contributed by atoms with Crippen molar-refractivity contribution in [2.75, 3.05) is 6.54 Å². The maximum Gasteiger partial charge on any atom is 0.290 e. The summed E-state index contributed by atoms with van der Waals surface area (Å²) in [6.45, 7) is 6.38. The van der Waals surface area contributed by atoms with E-state index >= 15 is 0 Å². The van der Waals surface area contributed by atoms with Crippen molar-refractivity contribution in [3.05, 3.63) is 46.7 Å². The summed E-state index contributed by atoms with van der Waals surface area (Å²) in [4.78, 5) is 26.4. The number of aliphatic hydroxyl groups is 1. The molecule has 1 atom stereocenters. The smallest absolute Gasteiger partial charge is 0.290 e. The Bertz CT molecular complexity index is 633. The number of amides is 1. The lowest BCUT2D eigenvalue weighted by Crippen LogP contribution is -2.32. The number of carbonyl (C=O) groups is 2. The van der Waals surface area contributed by atoms with Crippen LogP contribution in [0.25, 0.3) is 0 Å². The molecule has 2 rings (SSSR count). The van der Waals surface area contributed by atoms with Gasteiger partial charge in [-0.05, 0) is 18.9 Å². The third-order valence-corrected chi connectivity index (χ3v) is 4.29. The molecule has 1 heterocycles. The number of ketones is 1. The summed E-state index contributed by atoms with van der Waals surface area (Å²) >= 11 is 0. The van der Waals surface area contributed by atoms with E-state index in [2.05, 4.69) is 6.92 Å². The normalized spacial score (nSPS) is 18.0. The first-order chi connectivity index (χ1) is 11.0. The van der Waals surface area contributed by atoms with Crippen molar-refractivity contribution in [1.29, 1.82) is 0 Å². The van der Waals surface area contributed by atoms with E-state index in [1.165, 1.54) is 0 Å². The molecule has 1 unspecified atom stereocenters. The predicted molar refractivity (Wildman–Crippen MR) is 90.1 cm³/mol. The van der Waals surface area contributed by atoms with E-state index in [1.54, 1.807) is 11.8 Å². The number of rotatable bonds is 7. The number of nitrogens with zero attached hydrogens (tertiary/aromatic N) is 1. The van der Waals surface area contributed by atoms with Crippen molar-refractivity contribution in [1.82, 2.24) is 4.90 Å². The number of benzene rings is 1. The van der Waals surface area contributed by atoms with Gasteiger partial charge >= 0.3 is 0 Å². The van der Waals surface area contributed by atoms with Gasteiger partial charge < -0.3 is 10.0 Å². The van der Waals surface area contributed by atoms with Gasteiger partial charge in [-0.2, -0.15) is 0 Å². The van der Waals surface area contributed by atoms with Gasteiger partial charge in [0.2, 0.25) is 0 Å². The van der Waals surface area contributed by atoms with Crippen LogP contribution >= 0.6 is 0 Å². The van der Waals surface area contributed by atoms with Gasteiger partial charge in [-0.15, -0.1) is 0 Å². The van der Waals surface area contributed by atoms with Crippen molar-refractivity contribution in [3.63, 3.8) is 0 Å². The van der Waals surface area contributed by atoms with Crippen molar-refractivity contribution in [3.8, 4) is 0 Å². The second-order valence-corrected chi connectivity index (χ2v) is 6.06. The van der Waals surface area contributed by atoms with Crippen LogP contribution in [0.4, 0.5) is 0 Å². The number of aryl methyl sites for hydroxylation is 1. The molecule has 1 aromatic rings. The average molecular weight is 315 g/mol. The summed E-state index contributed by atoms with van der Waals surface area (Å²) in [6, 6.07) is 7.33. The van der Waals surface area contributed by atoms with Crippen LogP contribution in [0.15, 0.2) is 35.6 Å². The minimum absolute atomic E-state index is 0.166. The van der Waals surface area contributed by atoms with Gasteiger partial charge in [-0.25, -0.2) is 0 Å². The van der Waals surface area contributed by atoms with Crippen LogP contribution in [0, 0.1) is 6.92 Å². The second-order valence-electron chi connectivity index (χ2n) is 6.06. The quantitative estimate of drug-likeness (QED) is 0.777. The summed E-state index contributed by atoms with van der Waals surface area (Å²) in [7, 11) is 0. The Morgan fingerprint density at radius 1 is 1.26 bits per heavy atom. The van der Waals surface area contributed by atoms with Gasteiger partial charge in [0.05, 0.1) is 11.6 Å². The largest absolute Gasteiger partial charge is 0.503 e. The van der Waals surface area contributed by atoms with Gasteiger partial charge in [-0.1, -0.05) is 56.5 Å². The highest BCUT2D eigenvalue weighted by Gasteiger charge is 2.42. The van der Waals surface area contributed by atoms with E-state index in [0.717, 1.165) is 30.4 Å². The Labute approximate surface area is 137 Å². The number of Topliss-reactive ketones (excluding diaryl/α,β-unsaturated/α-hetero) is 1. The summed E-state index contributed by atoms with van der Waals surface area (Å²) in [5.74, 6) is -0.968. The molecule has 4 nitrogen and oxygen atoms in total. The first-order valence-electron chi connectivity index (χ1n) is 8.35. The minimum atomic E-state index is -0.466. The third-order valence-electron chi connectivity index (χ3n) is 4.29. The molecule has 1 aliphatic heterocycles. The van der Waals surface area contributed by atoms with Crippen molar-refractivity contribution >= 4 is 11.7 Å². The Hall–Kier alpha value is -2.10. The van der Waals surface area contributed by atoms with E-state index in [1.807, 2.05) is 31.2 Å². The second kappa shape index (κ2) is 7.44. The highest BCUT2D eigenvalue weighted by molar-refractivity contribution is 6.08. The summed E-state index contributed by atoms with van der Waals surface area (Å²) in [5.41, 5.74) is 2.20. The van der Waals surface area contributed by atoms with Crippen molar-refractivity contribution in [2.24, 2.45) is 0 Å². The molecular formula is C19H25NO3. The standard InChI is InChI=1S/C19H25NO3/c1-4-6-7-11-20-17(14-10-8-9-13(3)12-14)16(15(21)5-2)18(22)19(20)23/h8-10,12,17,22H,4-7,11H2,1-3H3. The van der Waals surface area contributed by atoms with Crippen LogP contribution in [0.5, 0.6) is 0 Å². The van der Waals surface area contributed by atoms with Crippen LogP contribution in [0.2, 0.25) is 0 Å². The summed E-state index contributed by atoms with van der Waals surface area (Å²) < 4.78 is 0. The van der Waals surface area contributed by atoms with E-state index in [9.17, 15) is 14.7 Å². The first kappa shape index (κ1) is 17.3. The zero-order valence-corrected chi connectivity index (χ0v) is 14.1. The average Bonchev–Trinajstić information content (AvgIpc) is 2.79. The van der Waals surface area contributed by atoms with Crippen LogP contribution < -0.4 is 0 Å². The van der Waals surface area contributed by atoms with Gasteiger partial charge in [-0.3, -0.25) is 9.59 Å². The highest BCUT2D eigenvalue weighted by atomic mass is 16.3. The molecule has 124 valence electrons. The fraction of sp³-hybridized carbons (Fsp3) is 0.474. The molecule has 0 fully saturated rings. The molecule has 0 saturated carbocycles. The maximum absolute atomic E-state index is 12.5. The number of unbranched alkanes of at least 4 members (excludes halogenated alkanes) is 2. The van der Waals surface area contributed by atoms with Crippen LogP contribution in [0.1, 0.15) is 56.7 Å². The molecule has 0 saturated heterocycles. The molecule has 1 aliphatic rings. The minimum Gasteiger partial charge on any atom is -0.503 e. The summed E-state index contributed by atoms with van der Waals surface area (Å²) in [6.07, 6.45) is 3.21. The van der Waals surface area contributed by atoms with Gasteiger partial charge in [0.15, 0.2) is 11.5 Å². The Balaban J connectivity index is 2.43. The lowest BCUT2D eigenvalue weighted by Gasteiger charge is -2.27. The van der Waals surface area contributed by atoms with Crippen molar-refractivity contribution in [2.45, 2.75) is 52.5 Å². The molecule has 4 heteroatoms. The Kier molecular flexibility index (Phi) is 5.59. The first-order valence-corrected chi connectivity index (χ1v) is 8.35. The molecule has 1 amide bonds. The molecule has 0 bridgehead atoms. The Morgan fingerprint density at radius 2 is 2.00 bits per heavy atom. The molecular weight excluding hydrogens is 290 g/mol. The topological polar surface area (TPSA) is 57.6 Å². The van der Waals surface area contributed by atoms with Crippen LogP contribution in [0.3, 0.4) is 0 Å². The maximum atomic E-state index is 12.5. The van der Waals surface area contributed by atoms with E-state index < -0.39 is 11.9 Å². The van der Waals surface area contributed by atoms with E-state index in [-0.39, 0.29) is 23.5 Å². The molecule has 1 N–H and O–H groups in total. The van der Waals surface area contributed by atoms with Gasteiger partial charge in [0.25, 0.3) is 5.91 Å². The zero-order chi connectivity index (χ0) is 17.0. The molecule has 0 aromatic heterocycles. The fourth-order valence-electron chi connectivity index (χ4n) is 3.08. The molecule has 0 aliphatic carbocycles. The number of hydrogen-bond donors (Lipinski definition) is 1. The molecule has 23 heavy (non-hydrogen) atoms. The SMILES string of the molecule is CCCCCN1C(=O)C(O)=C(C(=O)CC)C1c1cccc(C)c1. The number of aliphatic hydroxyl groups excluding tert-OH is 1. The third kappa shape index (κ3) is 3.46. The van der Waals surface area contributed by atoms with Gasteiger partial charge in [0.1, 0.15) is 0 Å².